The average Bonchev–Trinajstić information content (AvgIpc) is 1.61. The van der Waals surface area contributed by atoms with E-state index in [1.165, 1.54) is 0 Å². The Balaban J connectivity index is 1.03. The largest absolute Gasteiger partial charge is 0.379 e. The van der Waals surface area contributed by atoms with Crippen molar-refractivity contribution in [2.75, 3.05) is 211 Å². The van der Waals surface area contributed by atoms with Crippen LogP contribution in [0.2, 0.25) is 0 Å². The molecule has 36 heteroatoms. The minimum Gasteiger partial charge on any atom is -0.379 e. The van der Waals surface area contributed by atoms with E-state index in [1.807, 2.05) is 97.1 Å². The SMILES string of the molecule is [N-]=[N+]=NCCOCCOCCOCCNC(=O)c1ccc(-c2c3nc(c(-c4ccc(C(=O)NCCOCCOCCOCCN=[N+]=[N-])cc4)c4ccc([nH]4)c(-c4ccc(C(=O)NCCOCCOCCOCCN=[N+]=[N-])cc4)c4nc(c(-c5ccc(C(=O)NCCOCCOCCOCCN=[N+]=[N-])cc5)c5ccc2[nH]5)C=C4)C=C3)cc1. The van der Waals surface area contributed by atoms with Crippen molar-refractivity contribution in [1.29, 1.82) is 0 Å². The van der Waals surface area contributed by atoms with Crippen molar-refractivity contribution in [3.8, 4) is 44.5 Å². The van der Waals surface area contributed by atoms with Gasteiger partial charge in [-0.25, -0.2) is 9.97 Å². The summed E-state index contributed by atoms with van der Waals surface area (Å²) in [7, 11) is 0. The highest BCUT2D eigenvalue weighted by Gasteiger charge is 2.22. The molecule has 0 radical (unpaired) electrons. The number of aromatic amines is 2. The number of fused-ring (bicyclic) bond motifs is 8. The van der Waals surface area contributed by atoms with E-state index in [1.54, 1.807) is 48.5 Å². The van der Waals surface area contributed by atoms with E-state index in [0.717, 1.165) is 22.3 Å². The molecule has 9 rings (SSSR count). The summed E-state index contributed by atoms with van der Waals surface area (Å²) < 4.78 is 66.5. The van der Waals surface area contributed by atoms with Crippen molar-refractivity contribution in [3.63, 3.8) is 0 Å². The topological polar surface area (TPSA) is 480 Å². The first kappa shape index (κ1) is 88.1. The van der Waals surface area contributed by atoms with E-state index in [-0.39, 0.29) is 102 Å². The Morgan fingerprint density at radius 3 is 0.638 bits per heavy atom. The number of nitrogens with one attached hydrogen (secondary N) is 6. The number of H-pyrrole nitrogens is 2. The first-order valence-corrected chi connectivity index (χ1v) is 37.8. The molecule has 2 aliphatic rings. The van der Waals surface area contributed by atoms with Crippen LogP contribution < -0.4 is 21.3 Å². The van der Waals surface area contributed by atoms with E-state index in [0.29, 0.717) is 221 Å². The van der Waals surface area contributed by atoms with Gasteiger partial charge in [-0.05, 0) is 141 Å². The number of azide groups is 4. The summed E-state index contributed by atoms with van der Waals surface area (Å²) in [6.45, 7) is 9.51. The fourth-order valence-corrected chi connectivity index (χ4v) is 11.7. The minimum absolute atomic E-state index is 0.244. The van der Waals surface area contributed by atoms with Gasteiger partial charge in [0.1, 0.15) is 0 Å². The van der Waals surface area contributed by atoms with Gasteiger partial charge in [-0.3, -0.25) is 19.2 Å². The van der Waals surface area contributed by atoms with Crippen LogP contribution in [0.1, 0.15) is 64.2 Å². The lowest BCUT2D eigenvalue weighted by Gasteiger charge is -2.10. The van der Waals surface area contributed by atoms with Crippen molar-refractivity contribution in [2.24, 2.45) is 20.5 Å². The predicted molar refractivity (Wildman–Crippen MR) is 436 cm³/mol. The molecular formula is C80H94N20O16. The second kappa shape index (κ2) is 51.8. The number of carbonyl (C=O) groups excluding carboxylic acids is 4. The molecule has 5 heterocycles. The molecule has 0 fully saturated rings. The van der Waals surface area contributed by atoms with Crippen LogP contribution in [-0.2, 0) is 56.8 Å². The highest BCUT2D eigenvalue weighted by molar-refractivity contribution is 6.03. The Labute approximate surface area is 668 Å². The summed E-state index contributed by atoms with van der Waals surface area (Å²) in [6.07, 6.45) is 7.76. The molecule has 0 aliphatic carbocycles. The van der Waals surface area contributed by atoms with Crippen LogP contribution in [0.15, 0.2) is 142 Å². The number of nitrogens with zero attached hydrogens (tertiary/aromatic N) is 14. The highest BCUT2D eigenvalue weighted by Crippen LogP contribution is 2.39. The summed E-state index contributed by atoms with van der Waals surface area (Å²) >= 11 is 0. The smallest absolute Gasteiger partial charge is 0.251 e. The molecule has 6 N–H and O–H groups in total. The molecule has 4 aromatic carbocycles. The van der Waals surface area contributed by atoms with Crippen molar-refractivity contribution < 1.29 is 76.0 Å². The molecule has 2 aliphatic heterocycles. The molecule has 0 atom stereocenters. The molecule has 8 bridgehead atoms. The van der Waals surface area contributed by atoms with Gasteiger partial charge in [-0.1, -0.05) is 69.0 Å². The molecule has 36 nitrogen and oxygen atoms in total. The maximum atomic E-state index is 13.7. The lowest BCUT2D eigenvalue weighted by molar-refractivity contribution is 0.0166. The van der Waals surface area contributed by atoms with Gasteiger partial charge in [0, 0.05) is 139 Å². The lowest BCUT2D eigenvalue weighted by Crippen LogP contribution is -2.27. The van der Waals surface area contributed by atoms with Gasteiger partial charge in [0.05, 0.1) is 181 Å². The molecule has 0 spiro atoms. The minimum atomic E-state index is -0.303. The van der Waals surface area contributed by atoms with Crippen LogP contribution in [0.3, 0.4) is 0 Å². The van der Waals surface area contributed by atoms with Gasteiger partial charge in [0.2, 0.25) is 0 Å². The van der Waals surface area contributed by atoms with Gasteiger partial charge in [-0.15, -0.1) is 0 Å². The normalized spacial score (nSPS) is 11.3. The van der Waals surface area contributed by atoms with E-state index < -0.39 is 0 Å². The Hall–Kier alpha value is -11.9. The van der Waals surface area contributed by atoms with Gasteiger partial charge < -0.3 is 88.1 Å². The van der Waals surface area contributed by atoms with E-state index in [2.05, 4.69) is 71.3 Å². The Morgan fingerprint density at radius 2 is 0.448 bits per heavy atom. The molecule has 0 unspecified atom stereocenters. The van der Waals surface area contributed by atoms with Gasteiger partial charge in [0.25, 0.3) is 23.6 Å². The fourth-order valence-electron chi connectivity index (χ4n) is 11.7. The molecule has 7 aromatic rings. The average molecular weight is 1590 g/mol. The molecule has 116 heavy (non-hydrogen) atoms. The van der Waals surface area contributed by atoms with E-state index >= 15 is 0 Å². The number of hydrogen-bond donors (Lipinski definition) is 6. The van der Waals surface area contributed by atoms with Crippen LogP contribution in [0.5, 0.6) is 0 Å². The van der Waals surface area contributed by atoms with E-state index in [9.17, 15) is 19.2 Å². The molecular weight excluding hydrogens is 1500 g/mol. The maximum absolute atomic E-state index is 13.7. The Kier molecular flexibility index (Phi) is 39.3. The number of ether oxygens (including phenoxy) is 12. The van der Waals surface area contributed by atoms with Crippen LogP contribution >= 0.6 is 0 Å². The number of benzene rings is 4. The monoisotopic (exact) mass is 1590 g/mol. The first-order valence-electron chi connectivity index (χ1n) is 37.8. The van der Waals surface area contributed by atoms with Gasteiger partial charge in [0.15, 0.2) is 0 Å². The van der Waals surface area contributed by atoms with Crippen LogP contribution in [-0.4, -0.2) is 254 Å². The number of aromatic nitrogens is 4. The number of amides is 4. The van der Waals surface area contributed by atoms with Gasteiger partial charge >= 0.3 is 0 Å². The number of hydrogen-bond acceptors (Lipinski definition) is 22. The van der Waals surface area contributed by atoms with Crippen molar-refractivity contribution in [3.05, 3.63) is 208 Å². The summed E-state index contributed by atoms with van der Waals surface area (Å²) in [6, 6.07) is 36.9. The lowest BCUT2D eigenvalue weighted by atomic mass is 10.0. The molecule has 610 valence electrons. The number of rotatable bonds is 56. The van der Waals surface area contributed by atoms with Gasteiger partial charge in [-0.2, -0.15) is 0 Å². The zero-order valence-electron chi connectivity index (χ0n) is 64.3. The fraction of sp³-hybridized carbons (Fsp3) is 0.400. The molecule has 0 saturated heterocycles. The molecule has 3 aromatic heterocycles. The number of carbonyl (C=O) groups is 4. The first-order chi connectivity index (χ1) is 57.2. The second-order valence-corrected chi connectivity index (χ2v) is 25.0. The summed E-state index contributed by atoms with van der Waals surface area (Å²) in [5.74, 6) is -1.21. The summed E-state index contributed by atoms with van der Waals surface area (Å²) in [4.78, 5) is 84.0. The maximum Gasteiger partial charge on any atom is 0.251 e. The van der Waals surface area contributed by atoms with Crippen LogP contribution in [0.4, 0.5) is 0 Å². The van der Waals surface area contributed by atoms with Crippen molar-refractivity contribution in [1.82, 2.24) is 41.2 Å². The zero-order chi connectivity index (χ0) is 81.3. The van der Waals surface area contributed by atoms with Crippen molar-refractivity contribution in [2.45, 2.75) is 0 Å². The van der Waals surface area contributed by atoms with Crippen LogP contribution in [0.25, 0.3) is 133 Å². The highest BCUT2D eigenvalue weighted by atomic mass is 16.6. The molecule has 4 amide bonds. The second-order valence-electron chi connectivity index (χ2n) is 25.0. The Bertz CT molecular complexity index is 4150. The quantitative estimate of drug-likeness (QED) is 0.00892. The Morgan fingerprint density at radius 1 is 0.267 bits per heavy atom. The van der Waals surface area contributed by atoms with Crippen molar-refractivity contribution >= 4 is 70.0 Å². The third-order valence-electron chi connectivity index (χ3n) is 17.2. The molecule has 0 saturated carbocycles. The van der Waals surface area contributed by atoms with Crippen LogP contribution in [0, 0.1) is 0 Å². The zero-order valence-corrected chi connectivity index (χ0v) is 64.3. The van der Waals surface area contributed by atoms with E-state index in [4.69, 9.17) is 88.9 Å². The summed E-state index contributed by atoms with van der Waals surface area (Å²) in [5, 5.41) is 25.5. The third kappa shape index (κ3) is 29.5. The third-order valence-corrected chi connectivity index (χ3v) is 17.2. The predicted octanol–water partition coefficient (Wildman–Crippen LogP) is 11.7. The standard InChI is InChI=1S/C80H94N20O16/c81-97-89-29-37-109-45-53-113-49-41-105-33-25-85-77(101)61-9-1-57(2-10-61)73-65-17-19-67(93-65)74(58-3-11-62(12-4-58)78(102)86-26-34-106-42-50-114-54-46-110-38-30-90-98-82)69-21-23-71(95-69)76(60-7-15-64(16-8-60)80(104)88-28-36-108-44-52-116-56-48-112-40-32-92-100-84)72-24-22-70(96-72)75(68-20-18-66(73)94-68)59-5-13-63(14-6-59)79(103)87-27-35-107-43-51-115-55-47-111-39-31-91-99-83/h1-24,93,96H,25-56H2,(H,85,101)(H,86,102)(H,87,103)(H,88,104). The summed E-state index contributed by atoms with van der Waals surface area (Å²) in [5.41, 5.74) is 46.1.